The van der Waals surface area contributed by atoms with Gasteiger partial charge in [0.25, 0.3) is 0 Å². The molecule has 1 rings (SSSR count). The minimum absolute atomic E-state index is 0.0590. The largest absolute Gasteiger partial charge is 0.496 e. The van der Waals surface area contributed by atoms with Crippen molar-refractivity contribution in [3.8, 4) is 5.75 Å². The number of benzene rings is 1. The van der Waals surface area contributed by atoms with Crippen LogP contribution in [0.4, 0.5) is 4.79 Å². The molecule has 0 unspecified atom stereocenters. The van der Waals surface area contributed by atoms with E-state index < -0.39 is 5.97 Å². The van der Waals surface area contributed by atoms with Crippen LogP contribution in [0.15, 0.2) is 18.2 Å². The summed E-state index contributed by atoms with van der Waals surface area (Å²) in [7, 11) is 1.63. The van der Waals surface area contributed by atoms with Gasteiger partial charge in [-0.15, -0.1) is 0 Å². The zero-order valence-corrected chi connectivity index (χ0v) is 12.4. The zero-order chi connectivity index (χ0) is 15.7. The molecule has 0 atom stereocenters. The van der Waals surface area contributed by atoms with Gasteiger partial charge in [-0.05, 0) is 37.0 Å². The van der Waals surface area contributed by atoms with Crippen LogP contribution in [0.3, 0.4) is 0 Å². The Morgan fingerprint density at radius 1 is 1.24 bits per heavy atom. The van der Waals surface area contributed by atoms with Crippen LogP contribution in [0.2, 0.25) is 0 Å². The lowest BCUT2D eigenvalue weighted by molar-refractivity contribution is -0.137. The predicted molar refractivity (Wildman–Crippen MR) is 79.7 cm³/mol. The summed E-state index contributed by atoms with van der Waals surface area (Å²) >= 11 is 0. The summed E-state index contributed by atoms with van der Waals surface area (Å²) in [5, 5.41) is 13.8. The van der Waals surface area contributed by atoms with Crippen molar-refractivity contribution in [2.75, 3.05) is 20.2 Å². The molecule has 0 aromatic heterocycles. The summed E-state index contributed by atoms with van der Waals surface area (Å²) < 4.78 is 5.25. The Morgan fingerprint density at radius 2 is 1.95 bits per heavy atom. The molecule has 3 N–H and O–H groups in total. The Bertz CT molecular complexity index is 489. The van der Waals surface area contributed by atoms with Crippen molar-refractivity contribution in [1.29, 1.82) is 0 Å². The molecule has 0 aliphatic rings. The summed E-state index contributed by atoms with van der Waals surface area (Å²) in [6, 6.07) is 5.67. The fourth-order valence-electron chi connectivity index (χ4n) is 1.84. The Hall–Kier alpha value is -2.24. The molecule has 6 nitrogen and oxygen atoms in total. The van der Waals surface area contributed by atoms with Crippen LogP contribution in [0.1, 0.15) is 24.0 Å². The van der Waals surface area contributed by atoms with Gasteiger partial charge in [0.2, 0.25) is 0 Å². The lowest BCUT2D eigenvalue weighted by Crippen LogP contribution is -2.37. The number of carboxylic acids is 1. The van der Waals surface area contributed by atoms with Crippen LogP contribution < -0.4 is 15.4 Å². The molecule has 0 heterocycles. The highest BCUT2D eigenvalue weighted by Crippen LogP contribution is 2.18. The molecule has 6 heteroatoms. The van der Waals surface area contributed by atoms with Crippen LogP contribution in [0.5, 0.6) is 5.75 Å². The van der Waals surface area contributed by atoms with E-state index in [2.05, 4.69) is 10.6 Å². The van der Waals surface area contributed by atoms with Crippen molar-refractivity contribution in [3.63, 3.8) is 0 Å². The molecule has 0 saturated heterocycles. The van der Waals surface area contributed by atoms with Crippen molar-refractivity contribution in [2.45, 2.75) is 26.2 Å². The summed E-state index contributed by atoms with van der Waals surface area (Å²) in [6.07, 6.45) is 1.19. The first-order valence-corrected chi connectivity index (χ1v) is 6.90. The third-order valence-electron chi connectivity index (χ3n) is 3.02. The van der Waals surface area contributed by atoms with Gasteiger partial charge < -0.3 is 20.5 Å². The van der Waals surface area contributed by atoms with Crippen molar-refractivity contribution in [2.24, 2.45) is 0 Å². The normalized spacial score (nSPS) is 10.0. The van der Waals surface area contributed by atoms with E-state index >= 15 is 0 Å². The Kier molecular flexibility index (Phi) is 7.08. The number of amides is 2. The molecular weight excluding hydrogens is 272 g/mol. The average molecular weight is 294 g/mol. The van der Waals surface area contributed by atoms with Crippen molar-refractivity contribution in [3.05, 3.63) is 29.3 Å². The molecule has 0 fully saturated rings. The second-order valence-corrected chi connectivity index (χ2v) is 4.73. The van der Waals surface area contributed by atoms with Gasteiger partial charge in [-0.25, -0.2) is 4.79 Å². The molecule has 1 aromatic rings. The number of ether oxygens (including phenoxy) is 1. The Balaban J connectivity index is 2.23. The lowest BCUT2D eigenvalue weighted by Gasteiger charge is -2.09. The number of aliphatic carboxylic acids is 1. The van der Waals surface area contributed by atoms with Crippen LogP contribution in [-0.4, -0.2) is 37.3 Å². The summed E-state index contributed by atoms with van der Waals surface area (Å²) in [5.74, 6) is -0.0175. The first kappa shape index (κ1) is 16.8. The monoisotopic (exact) mass is 294 g/mol. The maximum absolute atomic E-state index is 11.5. The highest BCUT2D eigenvalue weighted by atomic mass is 16.5. The highest BCUT2D eigenvalue weighted by Gasteiger charge is 2.03. The first-order valence-electron chi connectivity index (χ1n) is 6.90. The minimum Gasteiger partial charge on any atom is -0.496 e. The van der Waals surface area contributed by atoms with E-state index in [1.807, 2.05) is 25.1 Å². The number of nitrogens with one attached hydrogen (secondary N) is 2. The molecule has 0 bridgehead atoms. The van der Waals surface area contributed by atoms with Crippen LogP contribution in [-0.2, 0) is 11.2 Å². The molecule has 116 valence electrons. The summed E-state index contributed by atoms with van der Waals surface area (Å²) in [4.78, 5) is 21.8. The van der Waals surface area contributed by atoms with Gasteiger partial charge in [0.15, 0.2) is 0 Å². The standard InChI is InChI=1S/C15H22N2O4/c1-11-5-6-12(10-13(11)21-2)7-9-17-15(20)16-8-3-4-14(18)19/h5-6,10H,3-4,7-9H2,1-2H3,(H,18,19)(H2,16,17,20). The van der Waals surface area contributed by atoms with E-state index in [1.165, 1.54) is 0 Å². The van der Waals surface area contributed by atoms with Gasteiger partial charge in [0.05, 0.1) is 7.11 Å². The number of hydrogen-bond acceptors (Lipinski definition) is 3. The van der Waals surface area contributed by atoms with E-state index in [0.717, 1.165) is 16.9 Å². The predicted octanol–water partition coefficient (Wildman–Crippen LogP) is 1.71. The smallest absolute Gasteiger partial charge is 0.314 e. The average Bonchev–Trinajstić information content (AvgIpc) is 2.45. The highest BCUT2D eigenvalue weighted by molar-refractivity contribution is 5.73. The quantitative estimate of drug-likeness (QED) is 0.637. The van der Waals surface area contributed by atoms with Crippen molar-refractivity contribution < 1.29 is 19.4 Å². The molecule has 0 aliphatic carbocycles. The second kappa shape index (κ2) is 8.84. The Morgan fingerprint density at radius 3 is 2.62 bits per heavy atom. The maximum atomic E-state index is 11.5. The van der Waals surface area contributed by atoms with E-state index in [1.54, 1.807) is 7.11 Å². The van der Waals surface area contributed by atoms with Crippen LogP contribution in [0.25, 0.3) is 0 Å². The maximum Gasteiger partial charge on any atom is 0.314 e. The third-order valence-corrected chi connectivity index (χ3v) is 3.02. The van der Waals surface area contributed by atoms with Gasteiger partial charge >= 0.3 is 12.0 Å². The van der Waals surface area contributed by atoms with E-state index in [9.17, 15) is 9.59 Å². The number of rotatable bonds is 8. The summed E-state index contributed by atoms with van der Waals surface area (Å²) in [6.45, 7) is 2.85. The fraction of sp³-hybridized carbons (Fsp3) is 0.467. The van der Waals surface area contributed by atoms with Crippen molar-refractivity contribution >= 4 is 12.0 Å². The topological polar surface area (TPSA) is 87.7 Å². The lowest BCUT2D eigenvalue weighted by atomic mass is 10.1. The number of carbonyl (C=O) groups is 2. The van der Waals surface area contributed by atoms with Gasteiger partial charge in [-0.1, -0.05) is 12.1 Å². The Labute approximate surface area is 124 Å². The SMILES string of the molecule is COc1cc(CCNC(=O)NCCCC(=O)O)ccc1C. The van der Waals surface area contributed by atoms with E-state index in [4.69, 9.17) is 9.84 Å². The van der Waals surface area contributed by atoms with Crippen molar-refractivity contribution in [1.82, 2.24) is 10.6 Å². The number of carbonyl (C=O) groups excluding carboxylic acids is 1. The van der Waals surface area contributed by atoms with Crippen LogP contribution in [0, 0.1) is 6.92 Å². The van der Waals surface area contributed by atoms with Gasteiger partial charge in [0, 0.05) is 19.5 Å². The molecular formula is C15H22N2O4. The van der Waals surface area contributed by atoms with Gasteiger partial charge in [-0.3, -0.25) is 4.79 Å². The number of aryl methyl sites for hydroxylation is 1. The molecule has 21 heavy (non-hydrogen) atoms. The fourth-order valence-corrected chi connectivity index (χ4v) is 1.84. The molecule has 0 radical (unpaired) electrons. The number of urea groups is 1. The third kappa shape index (κ3) is 6.65. The number of carboxylic acid groups (broad SMARTS) is 1. The number of hydrogen-bond donors (Lipinski definition) is 3. The first-order chi connectivity index (χ1) is 10.0. The minimum atomic E-state index is -0.856. The van der Waals surface area contributed by atoms with Gasteiger partial charge in [-0.2, -0.15) is 0 Å². The van der Waals surface area contributed by atoms with Crippen LogP contribution >= 0.6 is 0 Å². The molecule has 2 amide bonds. The van der Waals surface area contributed by atoms with E-state index in [0.29, 0.717) is 25.9 Å². The molecule has 0 saturated carbocycles. The molecule has 0 aliphatic heterocycles. The molecule has 0 spiro atoms. The summed E-state index contributed by atoms with van der Waals surface area (Å²) in [5.41, 5.74) is 2.16. The van der Waals surface area contributed by atoms with E-state index in [-0.39, 0.29) is 12.5 Å². The zero-order valence-electron chi connectivity index (χ0n) is 12.4. The molecule has 1 aromatic carbocycles. The van der Waals surface area contributed by atoms with Gasteiger partial charge in [0.1, 0.15) is 5.75 Å². The second-order valence-electron chi connectivity index (χ2n) is 4.73. The number of methoxy groups -OCH3 is 1.